The number of hydrogen-bond acceptors (Lipinski definition) is 3. The second-order valence-corrected chi connectivity index (χ2v) is 18.3. The first kappa shape index (κ1) is 43.3. The Balaban J connectivity index is 4.02. The molecule has 3 nitrogen and oxygen atoms in total. The van der Waals surface area contributed by atoms with Crippen LogP contribution < -0.4 is 0 Å². The summed E-state index contributed by atoms with van der Waals surface area (Å²) in [6.45, 7) is 23.5. The Morgan fingerprint density at radius 2 is 0.465 bits per heavy atom. The molecule has 0 unspecified atom stereocenters. The van der Waals surface area contributed by atoms with Crippen molar-refractivity contribution in [2.24, 2.45) is 16.2 Å². The highest BCUT2D eigenvalue weighted by Crippen LogP contribution is 2.40. The molecule has 0 heterocycles. The summed E-state index contributed by atoms with van der Waals surface area (Å²) in [6.07, 6.45) is 31.7. The largest absolute Gasteiger partial charge is 0.332 e. The Morgan fingerprint density at radius 1 is 0.279 bits per heavy atom. The van der Waals surface area contributed by atoms with E-state index in [1.165, 1.54) is 135 Å². The maximum Gasteiger partial charge on any atom is 0.332 e. The van der Waals surface area contributed by atoms with Gasteiger partial charge in [0.2, 0.25) is 0 Å². The summed E-state index contributed by atoms with van der Waals surface area (Å²) < 4.78 is 18.4. The molecule has 260 valence electrons. The van der Waals surface area contributed by atoms with E-state index in [2.05, 4.69) is 62.3 Å². The van der Waals surface area contributed by atoms with Crippen LogP contribution in [0.3, 0.4) is 0 Å². The van der Waals surface area contributed by atoms with E-state index in [0.29, 0.717) is 16.2 Å². The first-order valence-electron chi connectivity index (χ1n) is 19.0. The van der Waals surface area contributed by atoms with Crippen LogP contribution >= 0.6 is 8.60 Å². The van der Waals surface area contributed by atoms with Gasteiger partial charge in [0, 0.05) is 0 Å². The number of hydrogen-bond donors (Lipinski definition) is 0. The summed E-state index contributed by atoms with van der Waals surface area (Å²) in [5, 5.41) is 0. The summed E-state index contributed by atoms with van der Waals surface area (Å²) in [4.78, 5) is 0. The van der Waals surface area contributed by atoms with Gasteiger partial charge in [-0.15, -0.1) is 0 Å². The van der Waals surface area contributed by atoms with Gasteiger partial charge in [-0.1, -0.05) is 178 Å². The lowest BCUT2D eigenvalue weighted by molar-refractivity contribution is 0.153. The zero-order valence-corrected chi connectivity index (χ0v) is 32.2. The molecule has 0 aromatic carbocycles. The van der Waals surface area contributed by atoms with E-state index in [1.54, 1.807) is 0 Å². The van der Waals surface area contributed by atoms with Gasteiger partial charge in [-0.05, 0) is 54.8 Å². The van der Waals surface area contributed by atoms with Crippen LogP contribution in [-0.2, 0) is 13.6 Å². The van der Waals surface area contributed by atoms with Gasteiger partial charge < -0.3 is 13.6 Å². The van der Waals surface area contributed by atoms with Crippen molar-refractivity contribution in [3.05, 3.63) is 0 Å². The van der Waals surface area contributed by atoms with Crippen LogP contribution in [0.15, 0.2) is 0 Å². The predicted molar refractivity (Wildman–Crippen MR) is 194 cm³/mol. The SMILES string of the molecule is CC(C)(C)CCCCCCCCCOP(OCCCCCCCCCC(C)(C)C)OCCCCCCCCCC(C)(C)C. The molecule has 0 radical (unpaired) electrons. The Kier molecular flexibility index (Phi) is 27.6. The summed E-state index contributed by atoms with van der Waals surface area (Å²) >= 11 is 0. The molecule has 0 bridgehead atoms. The molecule has 0 aliphatic carbocycles. The van der Waals surface area contributed by atoms with Gasteiger partial charge in [0.1, 0.15) is 0 Å². The van der Waals surface area contributed by atoms with Crippen molar-refractivity contribution in [3.8, 4) is 0 Å². The van der Waals surface area contributed by atoms with Crippen LogP contribution in [0.4, 0.5) is 0 Å². The quantitative estimate of drug-likeness (QED) is 0.0585. The Labute approximate surface area is 274 Å². The van der Waals surface area contributed by atoms with Crippen molar-refractivity contribution in [1.29, 1.82) is 0 Å². The molecule has 0 rings (SSSR count). The van der Waals surface area contributed by atoms with Gasteiger partial charge >= 0.3 is 8.60 Å². The molecular weight excluding hydrogens is 547 g/mol. The van der Waals surface area contributed by atoms with Crippen molar-refractivity contribution in [2.75, 3.05) is 19.8 Å². The van der Waals surface area contributed by atoms with Gasteiger partial charge in [0.25, 0.3) is 0 Å². The van der Waals surface area contributed by atoms with Crippen molar-refractivity contribution in [3.63, 3.8) is 0 Å². The zero-order chi connectivity index (χ0) is 32.3. The fraction of sp³-hybridized carbons (Fsp3) is 1.00. The molecule has 0 atom stereocenters. The fourth-order valence-corrected chi connectivity index (χ4v) is 6.51. The molecule has 0 aromatic heterocycles. The van der Waals surface area contributed by atoms with E-state index >= 15 is 0 Å². The van der Waals surface area contributed by atoms with E-state index in [0.717, 1.165) is 39.1 Å². The first-order chi connectivity index (χ1) is 20.3. The number of rotatable bonds is 30. The molecule has 0 aromatic rings. The molecule has 43 heavy (non-hydrogen) atoms. The molecule has 4 heteroatoms. The van der Waals surface area contributed by atoms with Crippen LogP contribution in [0, 0.1) is 16.2 Å². The third kappa shape index (κ3) is 38.4. The topological polar surface area (TPSA) is 27.7 Å². The van der Waals surface area contributed by atoms with Crippen LogP contribution in [-0.4, -0.2) is 19.8 Å². The standard InChI is InChI=1S/C39H81O3P/c1-37(2,3)31-25-19-13-10-16-22-28-34-40-43(41-35-29-23-17-11-14-20-26-32-38(4,5)6)42-36-30-24-18-12-15-21-27-33-39(7,8)9/h10-36H2,1-9H3. The van der Waals surface area contributed by atoms with Crippen molar-refractivity contribution < 1.29 is 13.6 Å². The zero-order valence-electron chi connectivity index (χ0n) is 31.3. The van der Waals surface area contributed by atoms with E-state index in [1.807, 2.05) is 0 Å². The fourth-order valence-electron chi connectivity index (χ4n) is 5.45. The maximum absolute atomic E-state index is 6.14. The highest BCUT2D eigenvalue weighted by atomic mass is 31.2. The number of unbranched alkanes of at least 4 members (excludes halogenated alkanes) is 18. The molecule has 0 N–H and O–H groups in total. The lowest BCUT2D eigenvalue weighted by atomic mass is 9.89. The molecule has 0 aliphatic rings. The van der Waals surface area contributed by atoms with Crippen molar-refractivity contribution in [2.45, 2.75) is 216 Å². The van der Waals surface area contributed by atoms with Crippen LogP contribution in [0.1, 0.15) is 216 Å². The second kappa shape index (κ2) is 27.4. The molecule has 0 aliphatic heterocycles. The van der Waals surface area contributed by atoms with Crippen molar-refractivity contribution >= 4 is 8.60 Å². The minimum atomic E-state index is -1.19. The maximum atomic E-state index is 6.14. The summed E-state index contributed by atoms with van der Waals surface area (Å²) in [5.74, 6) is 0. The van der Waals surface area contributed by atoms with Gasteiger partial charge in [0.05, 0.1) is 19.8 Å². The summed E-state index contributed by atoms with van der Waals surface area (Å²) in [6, 6.07) is 0. The average molecular weight is 629 g/mol. The molecule has 0 fully saturated rings. The molecule has 0 amide bonds. The smallest absolute Gasteiger partial charge is 0.312 e. The van der Waals surface area contributed by atoms with Gasteiger partial charge in [-0.3, -0.25) is 0 Å². The molecular formula is C39H81O3P. The van der Waals surface area contributed by atoms with Crippen LogP contribution in [0.2, 0.25) is 0 Å². The highest BCUT2D eigenvalue weighted by molar-refractivity contribution is 7.41. The predicted octanol–water partition coefficient (Wildman–Crippen LogP) is 14.8. The summed E-state index contributed by atoms with van der Waals surface area (Å²) in [7, 11) is -1.19. The molecule has 0 saturated heterocycles. The molecule has 0 saturated carbocycles. The minimum absolute atomic E-state index is 0.483. The Hall–Kier alpha value is 0.310. The summed E-state index contributed by atoms with van der Waals surface area (Å²) in [5.41, 5.74) is 1.45. The normalized spacial score (nSPS) is 13.0. The lowest BCUT2D eigenvalue weighted by Gasteiger charge is -2.18. The van der Waals surface area contributed by atoms with Crippen LogP contribution in [0.25, 0.3) is 0 Å². The third-order valence-corrected chi connectivity index (χ3v) is 9.48. The molecule has 0 spiro atoms. The van der Waals surface area contributed by atoms with E-state index in [4.69, 9.17) is 13.6 Å². The average Bonchev–Trinajstić information content (AvgIpc) is 2.89. The van der Waals surface area contributed by atoms with E-state index in [-0.39, 0.29) is 0 Å². The first-order valence-corrected chi connectivity index (χ1v) is 20.1. The van der Waals surface area contributed by atoms with Gasteiger partial charge in [-0.25, -0.2) is 0 Å². The van der Waals surface area contributed by atoms with E-state index in [9.17, 15) is 0 Å². The van der Waals surface area contributed by atoms with E-state index < -0.39 is 8.60 Å². The van der Waals surface area contributed by atoms with Crippen molar-refractivity contribution in [1.82, 2.24) is 0 Å². The Morgan fingerprint density at radius 3 is 0.674 bits per heavy atom. The second-order valence-electron chi connectivity index (χ2n) is 17.1. The monoisotopic (exact) mass is 629 g/mol. The van der Waals surface area contributed by atoms with Gasteiger partial charge in [-0.2, -0.15) is 0 Å². The minimum Gasteiger partial charge on any atom is -0.312 e. The van der Waals surface area contributed by atoms with Gasteiger partial charge in [0.15, 0.2) is 0 Å². The Bertz CT molecular complexity index is 492. The lowest BCUT2D eigenvalue weighted by Crippen LogP contribution is -2.03. The van der Waals surface area contributed by atoms with Crippen LogP contribution in [0.5, 0.6) is 0 Å². The third-order valence-electron chi connectivity index (χ3n) is 8.30. The highest BCUT2D eigenvalue weighted by Gasteiger charge is 2.13.